The molecular weight excluding hydrogens is 464 g/mol. The Bertz CT molecular complexity index is 994. The summed E-state index contributed by atoms with van der Waals surface area (Å²) in [4.78, 5) is 0. The number of aryl methyl sites for hydroxylation is 2. The lowest BCUT2D eigenvalue weighted by Crippen LogP contribution is -2.60. The maximum Gasteiger partial charge on any atom is 0.229 e. The monoisotopic (exact) mass is 496 g/mol. The van der Waals surface area contributed by atoms with Gasteiger partial charge in [-0.1, -0.05) is 0 Å². The van der Waals surface area contributed by atoms with E-state index in [9.17, 15) is 25.5 Å². The van der Waals surface area contributed by atoms with Crippen molar-refractivity contribution in [3.8, 4) is 34.5 Å². The quantitative estimate of drug-likeness (QED) is 0.310. The minimum absolute atomic E-state index is 0.0409. The fraction of sp³-hybridized carbons (Fsp3) is 0.500. The van der Waals surface area contributed by atoms with Gasteiger partial charge in [0.25, 0.3) is 0 Å². The van der Waals surface area contributed by atoms with Gasteiger partial charge >= 0.3 is 0 Å². The van der Waals surface area contributed by atoms with Crippen molar-refractivity contribution in [3.63, 3.8) is 0 Å². The predicted molar refractivity (Wildman–Crippen MR) is 123 cm³/mol. The van der Waals surface area contributed by atoms with Crippen LogP contribution >= 0.6 is 0 Å². The van der Waals surface area contributed by atoms with Crippen molar-refractivity contribution in [1.29, 1.82) is 0 Å². The number of phenols is 1. The summed E-state index contributed by atoms with van der Waals surface area (Å²) in [6, 6.07) is 6.79. The van der Waals surface area contributed by atoms with E-state index in [4.69, 9.17) is 28.4 Å². The number of hydrogen-bond acceptors (Lipinski definition) is 11. The number of aliphatic hydroxyl groups excluding tert-OH is 4. The molecule has 2 aromatic rings. The van der Waals surface area contributed by atoms with Gasteiger partial charge in [-0.05, 0) is 48.2 Å². The Balaban J connectivity index is 1.87. The maximum absolute atomic E-state index is 10.4. The van der Waals surface area contributed by atoms with Crippen molar-refractivity contribution in [2.45, 2.75) is 43.5 Å². The zero-order chi connectivity index (χ0) is 25.7. The number of benzene rings is 2. The number of hydrogen-bond donors (Lipinski definition) is 5. The number of rotatable bonds is 10. The largest absolute Gasteiger partial charge is 0.504 e. The molecule has 1 fully saturated rings. The fourth-order valence-electron chi connectivity index (χ4n) is 3.94. The van der Waals surface area contributed by atoms with E-state index in [1.54, 1.807) is 24.3 Å². The summed E-state index contributed by atoms with van der Waals surface area (Å²) in [6.07, 6.45) is -6.16. The first kappa shape index (κ1) is 26.6. The molecule has 0 bridgehead atoms. The van der Waals surface area contributed by atoms with Gasteiger partial charge in [-0.15, -0.1) is 0 Å². The lowest BCUT2D eigenvalue weighted by molar-refractivity contribution is -0.277. The second-order valence-electron chi connectivity index (χ2n) is 8.00. The molecule has 0 amide bonds. The van der Waals surface area contributed by atoms with Crippen molar-refractivity contribution in [3.05, 3.63) is 35.4 Å². The van der Waals surface area contributed by atoms with Gasteiger partial charge in [-0.3, -0.25) is 0 Å². The van der Waals surface area contributed by atoms with Crippen LogP contribution in [0.3, 0.4) is 0 Å². The van der Waals surface area contributed by atoms with Crippen LogP contribution in [0.15, 0.2) is 24.3 Å². The molecule has 35 heavy (non-hydrogen) atoms. The third-order valence-electron chi connectivity index (χ3n) is 5.82. The van der Waals surface area contributed by atoms with E-state index in [1.807, 2.05) is 0 Å². The number of ether oxygens (including phenoxy) is 6. The van der Waals surface area contributed by atoms with E-state index in [0.717, 1.165) is 11.1 Å². The van der Waals surface area contributed by atoms with E-state index in [0.29, 0.717) is 24.3 Å². The van der Waals surface area contributed by atoms with E-state index < -0.39 is 37.3 Å². The SMILES string of the molecule is COc1cc(CCc2cc(OC)c(OC)c(O[C@@H]3O[C@H](CO)[C@@H](O)[C@H](O)[C@H]3O)c2)cc(O)c1OC. The summed E-state index contributed by atoms with van der Waals surface area (Å²) in [5, 5.41) is 50.1. The topological polar surface area (TPSA) is 157 Å². The molecule has 0 radical (unpaired) electrons. The summed E-state index contributed by atoms with van der Waals surface area (Å²) in [6.45, 7) is -0.580. The first-order valence-electron chi connectivity index (χ1n) is 10.9. The normalized spacial score (nSPS) is 24.1. The van der Waals surface area contributed by atoms with Gasteiger partial charge in [0.05, 0.1) is 35.0 Å². The molecule has 1 aliphatic rings. The van der Waals surface area contributed by atoms with E-state index >= 15 is 0 Å². The Kier molecular flexibility index (Phi) is 8.87. The molecule has 0 aromatic heterocycles. The van der Waals surface area contributed by atoms with Crippen LogP contribution in [0, 0.1) is 0 Å². The van der Waals surface area contributed by atoms with Crippen LogP contribution in [0.5, 0.6) is 34.5 Å². The van der Waals surface area contributed by atoms with Crippen LogP contribution in [-0.2, 0) is 17.6 Å². The van der Waals surface area contributed by atoms with Crippen molar-refractivity contribution >= 4 is 0 Å². The highest BCUT2D eigenvalue weighted by atomic mass is 16.7. The van der Waals surface area contributed by atoms with Gasteiger partial charge in [-0.25, -0.2) is 0 Å². The van der Waals surface area contributed by atoms with Crippen LogP contribution in [0.2, 0.25) is 0 Å². The standard InChI is InChI=1S/C24H32O11/c1-30-15-8-12(7-14(26)22(15)32-3)5-6-13-9-16(31-2)23(33-4)17(10-13)34-24-21(29)20(28)19(27)18(11-25)35-24/h7-10,18-21,24-29H,5-6,11H2,1-4H3/t18-,19-,20+,21-,24-/m1/s1. The summed E-state index contributed by atoms with van der Waals surface area (Å²) in [5.41, 5.74) is 1.57. The van der Waals surface area contributed by atoms with Crippen molar-refractivity contribution in [2.75, 3.05) is 35.0 Å². The Morgan fingerprint density at radius 3 is 1.80 bits per heavy atom. The van der Waals surface area contributed by atoms with Crippen LogP contribution in [0.4, 0.5) is 0 Å². The molecule has 0 aliphatic carbocycles. The smallest absolute Gasteiger partial charge is 0.229 e. The van der Waals surface area contributed by atoms with Crippen LogP contribution in [0.25, 0.3) is 0 Å². The zero-order valence-electron chi connectivity index (χ0n) is 20.0. The minimum atomic E-state index is -1.58. The van der Waals surface area contributed by atoms with Crippen LogP contribution in [0.1, 0.15) is 11.1 Å². The van der Waals surface area contributed by atoms with Gasteiger partial charge in [0, 0.05) is 0 Å². The maximum atomic E-state index is 10.4. The highest BCUT2D eigenvalue weighted by Crippen LogP contribution is 2.41. The van der Waals surface area contributed by atoms with E-state index in [2.05, 4.69) is 0 Å². The molecule has 1 saturated heterocycles. The first-order chi connectivity index (χ1) is 16.8. The summed E-state index contributed by atoms with van der Waals surface area (Å²) in [5.74, 6) is 1.37. The van der Waals surface area contributed by atoms with Gasteiger partial charge in [0.2, 0.25) is 17.8 Å². The molecule has 0 unspecified atom stereocenters. The van der Waals surface area contributed by atoms with Gasteiger partial charge in [0.1, 0.15) is 24.4 Å². The Labute approximate surface area is 203 Å². The molecule has 3 rings (SSSR count). The van der Waals surface area contributed by atoms with Crippen LogP contribution in [-0.4, -0.2) is 91.3 Å². The minimum Gasteiger partial charge on any atom is -0.504 e. The number of phenolic OH excluding ortho intramolecular Hbond substituents is 1. The third kappa shape index (κ3) is 5.65. The molecule has 11 heteroatoms. The van der Waals surface area contributed by atoms with Crippen LogP contribution < -0.4 is 23.7 Å². The molecule has 11 nitrogen and oxygen atoms in total. The molecule has 2 aromatic carbocycles. The van der Waals surface area contributed by atoms with Crippen molar-refractivity contribution in [1.82, 2.24) is 0 Å². The average Bonchev–Trinajstić information content (AvgIpc) is 2.86. The number of methoxy groups -OCH3 is 4. The molecule has 1 aliphatic heterocycles. The van der Waals surface area contributed by atoms with Crippen molar-refractivity contribution in [2.24, 2.45) is 0 Å². The number of aromatic hydroxyl groups is 1. The highest BCUT2D eigenvalue weighted by Gasteiger charge is 2.45. The molecule has 1 heterocycles. The number of aliphatic hydroxyl groups is 4. The molecule has 5 N–H and O–H groups in total. The lowest BCUT2D eigenvalue weighted by Gasteiger charge is -2.39. The highest BCUT2D eigenvalue weighted by molar-refractivity contribution is 5.55. The predicted octanol–water partition coefficient (Wildman–Crippen LogP) is 0.390. The summed E-state index contributed by atoms with van der Waals surface area (Å²) >= 11 is 0. The first-order valence-corrected chi connectivity index (χ1v) is 10.9. The molecule has 0 saturated carbocycles. The molecular formula is C24H32O11. The van der Waals surface area contributed by atoms with Gasteiger partial charge < -0.3 is 54.0 Å². The second kappa shape index (κ2) is 11.6. The van der Waals surface area contributed by atoms with E-state index in [-0.39, 0.29) is 23.0 Å². The van der Waals surface area contributed by atoms with Gasteiger partial charge in [0.15, 0.2) is 23.0 Å². The average molecular weight is 497 g/mol. The second-order valence-corrected chi connectivity index (χ2v) is 8.00. The Morgan fingerprint density at radius 2 is 1.26 bits per heavy atom. The summed E-state index contributed by atoms with van der Waals surface area (Å²) < 4.78 is 32.6. The molecule has 194 valence electrons. The lowest BCUT2D eigenvalue weighted by atomic mass is 9.99. The van der Waals surface area contributed by atoms with E-state index in [1.165, 1.54) is 28.4 Å². The Hall–Kier alpha value is -2.96. The molecule has 5 atom stereocenters. The Morgan fingerprint density at radius 1 is 0.714 bits per heavy atom. The third-order valence-corrected chi connectivity index (χ3v) is 5.82. The van der Waals surface area contributed by atoms with Crippen molar-refractivity contribution < 1.29 is 54.0 Å². The molecule has 0 spiro atoms. The fourth-order valence-corrected chi connectivity index (χ4v) is 3.94. The zero-order valence-corrected chi connectivity index (χ0v) is 20.0. The summed E-state index contributed by atoms with van der Waals surface area (Å²) in [7, 11) is 5.81. The van der Waals surface area contributed by atoms with Gasteiger partial charge in [-0.2, -0.15) is 0 Å².